The first-order chi connectivity index (χ1) is 13.0. The Bertz CT molecular complexity index is 965. The first-order valence-electron chi connectivity index (χ1n) is 8.09. The van der Waals surface area contributed by atoms with Gasteiger partial charge in [0.25, 0.3) is 11.9 Å². The zero-order valence-electron chi connectivity index (χ0n) is 14.4. The van der Waals surface area contributed by atoms with Gasteiger partial charge >= 0.3 is 0 Å². The van der Waals surface area contributed by atoms with Crippen LogP contribution in [0.2, 0.25) is 5.02 Å². The van der Waals surface area contributed by atoms with Crippen molar-refractivity contribution in [1.82, 2.24) is 5.43 Å². The number of carbonyl (C=O) groups is 1. The highest BCUT2D eigenvalue weighted by atomic mass is 79.9. The smallest absolute Gasteiger partial charge is 0.285 e. The molecule has 1 N–H and O–H groups in total. The van der Waals surface area contributed by atoms with Crippen LogP contribution in [0.15, 0.2) is 68.6 Å². The van der Waals surface area contributed by atoms with E-state index in [-0.39, 0.29) is 5.91 Å². The fourth-order valence-corrected chi connectivity index (χ4v) is 3.08. The molecule has 2 aromatic carbocycles. The van der Waals surface area contributed by atoms with Crippen LogP contribution in [0.3, 0.4) is 0 Å². The molecule has 0 bridgehead atoms. The highest BCUT2D eigenvalue weighted by Crippen LogP contribution is 2.23. The molecule has 138 valence electrons. The van der Waals surface area contributed by atoms with E-state index in [2.05, 4.69) is 26.5 Å². The summed E-state index contributed by atoms with van der Waals surface area (Å²) in [7, 11) is 0. The zero-order valence-corrected chi connectivity index (χ0v) is 16.8. The number of halogens is 2. The second-order valence-electron chi connectivity index (χ2n) is 5.66. The van der Waals surface area contributed by atoms with E-state index in [1.165, 1.54) is 6.21 Å². The van der Waals surface area contributed by atoms with Crippen LogP contribution >= 0.6 is 27.5 Å². The third-order valence-electron chi connectivity index (χ3n) is 3.79. The predicted octanol–water partition coefficient (Wildman–Crippen LogP) is 5.35. The molecule has 7 heteroatoms. The second kappa shape index (κ2) is 8.88. The summed E-state index contributed by atoms with van der Waals surface area (Å²) in [6.45, 7) is 2.27. The van der Waals surface area contributed by atoms with Gasteiger partial charge in [-0.15, -0.1) is 0 Å². The van der Waals surface area contributed by atoms with Gasteiger partial charge in [-0.05, 0) is 52.7 Å². The van der Waals surface area contributed by atoms with E-state index in [1.54, 1.807) is 30.3 Å². The van der Waals surface area contributed by atoms with Crippen LogP contribution in [0.25, 0.3) is 0 Å². The number of benzene rings is 2. The van der Waals surface area contributed by atoms with Crippen molar-refractivity contribution in [3.05, 3.63) is 86.5 Å². The average Bonchev–Trinajstić information content (AvgIpc) is 3.09. The Labute approximate surface area is 170 Å². The molecule has 3 aromatic rings. The van der Waals surface area contributed by atoms with E-state index < -0.39 is 0 Å². The summed E-state index contributed by atoms with van der Waals surface area (Å²) < 4.78 is 11.9. The Hall–Kier alpha value is -2.57. The minimum Gasteiger partial charge on any atom is -0.460 e. The number of furan rings is 1. The summed E-state index contributed by atoms with van der Waals surface area (Å²) in [6, 6.07) is 16.2. The third kappa shape index (κ3) is 4.99. The fraction of sp³-hybridized carbons (Fsp3) is 0.100. The molecule has 1 aromatic heterocycles. The molecule has 0 atom stereocenters. The monoisotopic (exact) mass is 446 g/mol. The van der Waals surface area contributed by atoms with Crippen LogP contribution in [-0.4, -0.2) is 12.1 Å². The molecular weight excluding hydrogens is 432 g/mol. The van der Waals surface area contributed by atoms with E-state index in [0.29, 0.717) is 33.4 Å². The lowest BCUT2D eigenvalue weighted by molar-refractivity contribution is 0.0954. The molecule has 0 unspecified atom stereocenters. The number of ether oxygens (including phenoxy) is 1. The number of hydrogen-bond acceptors (Lipinski definition) is 4. The summed E-state index contributed by atoms with van der Waals surface area (Å²) in [5.74, 6) is 0.470. The summed E-state index contributed by atoms with van der Waals surface area (Å²) in [4.78, 5) is 12.1. The van der Waals surface area contributed by atoms with Gasteiger partial charge < -0.3 is 9.15 Å². The number of nitrogens with one attached hydrogen (secondary N) is 1. The molecule has 3 rings (SSSR count). The molecule has 0 aliphatic heterocycles. The van der Waals surface area contributed by atoms with Gasteiger partial charge in [0.05, 0.1) is 11.8 Å². The van der Waals surface area contributed by atoms with Gasteiger partial charge in [0.15, 0.2) is 5.76 Å². The maximum absolute atomic E-state index is 12.1. The van der Waals surface area contributed by atoms with Crippen molar-refractivity contribution >= 4 is 39.7 Å². The number of hydrazone groups is 1. The summed E-state index contributed by atoms with van der Waals surface area (Å²) in [5, 5.41) is 4.55. The van der Waals surface area contributed by atoms with Gasteiger partial charge in [-0.3, -0.25) is 4.79 Å². The van der Waals surface area contributed by atoms with Crippen LogP contribution in [0.1, 0.15) is 27.2 Å². The minimum atomic E-state index is -0.323. The molecule has 0 aliphatic carbocycles. The molecule has 1 heterocycles. The van der Waals surface area contributed by atoms with Crippen LogP contribution in [0.5, 0.6) is 5.95 Å². The van der Waals surface area contributed by atoms with Gasteiger partial charge in [-0.25, -0.2) is 5.43 Å². The van der Waals surface area contributed by atoms with E-state index in [4.69, 9.17) is 20.8 Å². The van der Waals surface area contributed by atoms with E-state index in [0.717, 1.165) is 11.1 Å². The van der Waals surface area contributed by atoms with E-state index in [1.807, 2.05) is 31.2 Å². The van der Waals surface area contributed by atoms with Gasteiger partial charge in [0.1, 0.15) is 6.61 Å². The number of aryl methyl sites for hydroxylation is 1. The zero-order chi connectivity index (χ0) is 19.2. The first-order valence-corrected chi connectivity index (χ1v) is 9.26. The van der Waals surface area contributed by atoms with Gasteiger partial charge in [0, 0.05) is 21.1 Å². The van der Waals surface area contributed by atoms with Gasteiger partial charge in [-0.2, -0.15) is 5.10 Å². The first kappa shape index (κ1) is 19.2. The molecule has 0 fully saturated rings. The van der Waals surface area contributed by atoms with Crippen LogP contribution < -0.4 is 10.2 Å². The average molecular weight is 448 g/mol. The van der Waals surface area contributed by atoms with Crippen molar-refractivity contribution in [3.63, 3.8) is 0 Å². The lowest BCUT2D eigenvalue weighted by Crippen LogP contribution is -2.17. The Morgan fingerprint density at radius 3 is 2.81 bits per heavy atom. The van der Waals surface area contributed by atoms with Gasteiger partial charge in [0.2, 0.25) is 0 Å². The summed E-state index contributed by atoms with van der Waals surface area (Å²) in [6.07, 6.45) is 1.41. The highest BCUT2D eigenvalue weighted by molar-refractivity contribution is 9.10. The highest BCUT2D eigenvalue weighted by Gasteiger charge is 2.09. The molecule has 0 spiro atoms. The summed E-state index contributed by atoms with van der Waals surface area (Å²) in [5.41, 5.74) is 4.90. The number of nitrogens with zero attached hydrogens (tertiary/aromatic N) is 1. The van der Waals surface area contributed by atoms with Crippen molar-refractivity contribution in [1.29, 1.82) is 0 Å². The fourth-order valence-electron chi connectivity index (χ4n) is 2.33. The van der Waals surface area contributed by atoms with Crippen LogP contribution in [0.4, 0.5) is 0 Å². The second-order valence-corrected chi connectivity index (χ2v) is 6.92. The molecule has 0 aliphatic rings. The standard InChI is InChI=1S/C20H16BrClN2O3/c1-13-5-4-8-18(22)16(13)12-26-19-10-9-14(27-19)11-23-24-20(25)15-6-2-3-7-17(15)21/h2-11H,12H2,1H3,(H,24,25)/b23-11-. The van der Waals surface area contributed by atoms with Crippen LogP contribution in [-0.2, 0) is 6.61 Å². The lowest BCUT2D eigenvalue weighted by atomic mass is 10.1. The SMILES string of the molecule is Cc1cccc(Cl)c1COc1ccc(/C=N\NC(=O)c2ccccc2Br)o1. The molecular formula is C20H16BrClN2O3. The Morgan fingerprint density at radius 1 is 1.22 bits per heavy atom. The largest absolute Gasteiger partial charge is 0.460 e. The molecule has 1 amide bonds. The molecule has 0 saturated carbocycles. The van der Waals surface area contributed by atoms with E-state index in [9.17, 15) is 4.79 Å². The normalized spacial score (nSPS) is 10.9. The summed E-state index contributed by atoms with van der Waals surface area (Å²) >= 11 is 9.51. The molecule has 0 radical (unpaired) electrons. The van der Waals surface area contributed by atoms with Crippen molar-refractivity contribution in [2.75, 3.05) is 0 Å². The Morgan fingerprint density at radius 2 is 2.04 bits per heavy atom. The number of carbonyl (C=O) groups excluding carboxylic acids is 1. The number of hydrogen-bond donors (Lipinski definition) is 1. The lowest BCUT2D eigenvalue weighted by Gasteiger charge is -2.08. The predicted molar refractivity (Wildman–Crippen MR) is 108 cm³/mol. The van der Waals surface area contributed by atoms with E-state index >= 15 is 0 Å². The molecule has 0 saturated heterocycles. The Balaban J connectivity index is 1.57. The van der Waals surface area contributed by atoms with Gasteiger partial charge in [-0.1, -0.05) is 35.9 Å². The minimum absolute atomic E-state index is 0.300. The number of rotatable bonds is 6. The van der Waals surface area contributed by atoms with Crippen LogP contribution in [0, 0.1) is 6.92 Å². The topological polar surface area (TPSA) is 63.8 Å². The van der Waals surface area contributed by atoms with Crippen molar-refractivity contribution in [2.24, 2.45) is 5.10 Å². The van der Waals surface area contributed by atoms with Crippen molar-refractivity contribution in [3.8, 4) is 5.95 Å². The molecule has 5 nitrogen and oxygen atoms in total. The third-order valence-corrected chi connectivity index (χ3v) is 4.84. The van der Waals surface area contributed by atoms with Crippen molar-refractivity contribution in [2.45, 2.75) is 13.5 Å². The molecule has 27 heavy (non-hydrogen) atoms. The number of amides is 1. The Kier molecular flexibility index (Phi) is 6.32. The maximum atomic E-state index is 12.1. The quantitative estimate of drug-likeness (QED) is 0.409. The maximum Gasteiger partial charge on any atom is 0.285 e. The van der Waals surface area contributed by atoms with Crippen molar-refractivity contribution < 1.29 is 13.9 Å².